The van der Waals surface area contributed by atoms with Crippen LogP contribution in [-0.2, 0) is 6.42 Å². The minimum absolute atomic E-state index is 0.157. The topological polar surface area (TPSA) is 86.7 Å². The number of nitrogens with two attached hydrogens (primary N) is 1. The van der Waals surface area contributed by atoms with Crippen molar-refractivity contribution in [1.29, 1.82) is 0 Å². The molecule has 0 aliphatic rings. The number of aliphatic hydroxyl groups is 1. The second-order valence-electron chi connectivity index (χ2n) is 3.48. The molecule has 88 valence electrons. The van der Waals surface area contributed by atoms with Crippen molar-refractivity contribution in [3.8, 4) is 0 Å². The van der Waals surface area contributed by atoms with Crippen LogP contribution in [0.15, 0.2) is 12.1 Å². The molecule has 0 aliphatic heterocycles. The normalized spacial score (nSPS) is 12.6. The third-order valence-corrected chi connectivity index (χ3v) is 2.16. The minimum atomic E-state index is -1.93. The molecule has 0 radical (unpaired) electrons. The molecule has 4 nitrogen and oxygen atoms in total. The lowest BCUT2D eigenvalue weighted by Gasteiger charge is -2.11. The average Bonchev–Trinajstić information content (AvgIpc) is 2.22. The van der Waals surface area contributed by atoms with E-state index in [1.807, 2.05) is 0 Å². The van der Waals surface area contributed by atoms with Gasteiger partial charge in [-0.1, -0.05) is 0 Å². The fourth-order valence-electron chi connectivity index (χ4n) is 1.29. The highest BCUT2D eigenvalue weighted by atomic mass is 19.1. The van der Waals surface area contributed by atoms with Crippen LogP contribution in [0.5, 0.6) is 0 Å². The van der Waals surface area contributed by atoms with Gasteiger partial charge in [0, 0.05) is 11.6 Å². The van der Waals surface area contributed by atoms with Gasteiger partial charge in [0.25, 0.3) is 0 Å². The summed E-state index contributed by atoms with van der Waals surface area (Å²) in [5, 5.41) is 26.2. The fraction of sp³-hybridized carbons (Fsp3) is 0.333. The molecule has 16 heavy (non-hydrogen) atoms. The molecule has 0 aromatic heterocycles. The van der Waals surface area contributed by atoms with Crippen molar-refractivity contribution in [3.05, 3.63) is 29.3 Å². The molecule has 1 unspecified atom stereocenters. The summed E-state index contributed by atoms with van der Waals surface area (Å²) in [5.74, 6) is -1.82. The quantitative estimate of drug-likeness (QED) is 0.474. The van der Waals surface area contributed by atoms with E-state index in [1.165, 1.54) is 0 Å². The van der Waals surface area contributed by atoms with E-state index in [9.17, 15) is 8.78 Å². The Balaban J connectivity index is 3.03. The maximum atomic E-state index is 13.4. The summed E-state index contributed by atoms with van der Waals surface area (Å²) in [4.78, 5) is 0. The van der Waals surface area contributed by atoms with Crippen LogP contribution in [0, 0.1) is 11.6 Å². The van der Waals surface area contributed by atoms with E-state index < -0.39 is 24.8 Å². The number of benzene rings is 1. The van der Waals surface area contributed by atoms with Gasteiger partial charge in [-0.3, -0.25) is 0 Å². The van der Waals surface area contributed by atoms with E-state index in [1.54, 1.807) is 0 Å². The van der Waals surface area contributed by atoms with Gasteiger partial charge < -0.3 is 20.9 Å². The van der Waals surface area contributed by atoms with Gasteiger partial charge in [-0.15, -0.1) is 0 Å². The summed E-state index contributed by atoms with van der Waals surface area (Å²) in [7, 11) is -1.93. The van der Waals surface area contributed by atoms with E-state index in [4.69, 9.17) is 20.9 Å². The second-order valence-corrected chi connectivity index (χ2v) is 3.48. The Bertz CT molecular complexity index is 353. The molecule has 1 atom stereocenters. The Morgan fingerprint density at radius 3 is 2.12 bits per heavy atom. The van der Waals surface area contributed by atoms with Gasteiger partial charge in [0.2, 0.25) is 0 Å². The zero-order valence-corrected chi connectivity index (χ0v) is 8.40. The summed E-state index contributed by atoms with van der Waals surface area (Å²) in [6.07, 6.45) is -0.157. The molecule has 5 N–H and O–H groups in total. The molecule has 1 aromatic carbocycles. The predicted octanol–water partition coefficient (Wildman–Crippen LogP) is -1.49. The number of aliphatic hydroxyl groups excluding tert-OH is 1. The van der Waals surface area contributed by atoms with Crippen LogP contribution in [0.25, 0.3) is 0 Å². The highest BCUT2D eigenvalue weighted by Crippen LogP contribution is 2.12. The maximum Gasteiger partial charge on any atom is 0.488 e. The Morgan fingerprint density at radius 1 is 1.25 bits per heavy atom. The van der Waals surface area contributed by atoms with Gasteiger partial charge in [-0.2, -0.15) is 0 Å². The first-order valence-corrected chi connectivity index (χ1v) is 4.66. The van der Waals surface area contributed by atoms with E-state index >= 15 is 0 Å². The molecular formula is C9H12BF2NO3. The average molecular weight is 230 g/mol. The van der Waals surface area contributed by atoms with Crippen LogP contribution >= 0.6 is 0 Å². The summed E-state index contributed by atoms with van der Waals surface area (Å²) in [6.45, 7) is -0.386. The minimum Gasteiger partial charge on any atom is -0.423 e. The zero-order valence-electron chi connectivity index (χ0n) is 8.40. The molecular weight excluding hydrogens is 218 g/mol. The summed E-state index contributed by atoms with van der Waals surface area (Å²) in [5.41, 5.74) is 4.82. The van der Waals surface area contributed by atoms with Crippen molar-refractivity contribution in [2.45, 2.75) is 12.5 Å². The van der Waals surface area contributed by atoms with Crippen molar-refractivity contribution >= 4 is 12.6 Å². The van der Waals surface area contributed by atoms with Gasteiger partial charge in [-0.05, 0) is 24.0 Å². The lowest BCUT2D eigenvalue weighted by molar-refractivity contribution is 0.263. The molecule has 0 aliphatic carbocycles. The Morgan fingerprint density at radius 2 is 1.75 bits per heavy atom. The van der Waals surface area contributed by atoms with E-state index in [2.05, 4.69) is 0 Å². The molecule has 0 heterocycles. The Kier molecular flexibility index (Phi) is 4.37. The summed E-state index contributed by atoms with van der Waals surface area (Å²) >= 11 is 0. The van der Waals surface area contributed by atoms with Crippen molar-refractivity contribution in [3.63, 3.8) is 0 Å². The van der Waals surface area contributed by atoms with Gasteiger partial charge in [0.1, 0.15) is 11.6 Å². The Hall–Kier alpha value is -1.02. The molecule has 0 spiro atoms. The van der Waals surface area contributed by atoms with Gasteiger partial charge in [-0.25, -0.2) is 8.78 Å². The first-order chi connectivity index (χ1) is 7.45. The monoisotopic (exact) mass is 230 g/mol. The standard InChI is InChI=1S/C9H12BF2NO3/c11-8-1-5(10(15)16)2-9(12)7(8)3-6(13)4-14/h1-2,6,14-16H,3-4,13H2/i10-1. The number of hydrogen-bond acceptors (Lipinski definition) is 4. The third-order valence-electron chi connectivity index (χ3n) is 2.16. The molecule has 0 saturated carbocycles. The predicted molar refractivity (Wildman–Crippen MR) is 54.9 cm³/mol. The fourth-order valence-corrected chi connectivity index (χ4v) is 1.29. The highest BCUT2D eigenvalue weighted by Gasteiger charge is 2.19. The van der Waals surface area contributed by atoms with Crippen LogP contribution in [0.3, 0.4) is 0 Å². The molecule has 1 rings (SSSR count). The molecule has 1 aromatic rings. The second kappa shape index (κ2) is 5.35. The first kappa shape index (κ1) is 13.1. The number of rotatable bonds is 4. The molecule has 0 fully saturated rings. The smallest absolute Gasteiger partial charge is 0.423 e. The van der Waals surface area contributed by atoms with Crippen molar-refractivity contribution in [2.24, 2.45) is 5.73 Å². The van der Waals surface area contributed by atoms with Crippen molar-refractivity contribution < 1.29 is 23.9 Å². The lowest BCUT2D eigenvalue weighted by Crippen LogP contribution is -2.32. The van der Waals surface area contributed by atoms with Crippen molar-refractivity contribution in [1.82, 2.24) is 0 Å². The highest BCUT2D eigenvalue weighted by molar-refractivity contribution is 6.58. The van der Waals surface area contributed by atoms with Crippen LogP contribution in [0.2, 0.25) is 0 Å². The molecule has 7 heteroatoms. The molecule has 0 saturated heterocycles. The molecule has 0 amide bonds. The van der Waals surface area contributed by atoms with Crippen molar-refractivity contribution in [2.75, 3.05) is 6.61 Å². The third kappa shape index (κ3) is 2.99. The van der Waals surface area contributed by atoms with Gasteiger partial charge >= 0.3 is 7.12 Å². The van der Waals surface area contributed by atoms with E-state index in [0.29, 0.717) is 0 Å². The Labute approximate surface area is 91.5 Å². The van der Waals surface area contributed by atoms with Crippen LogP contribution in [0.4, 0.5) is 8.78 Å². The van der Waals surface area contributed by atoms with Crippen LogP contribution in [-0.4, -0.2) is 34.9 Å². The van der Waals surface area contributed by atoms with Crippen LogP contribution in [0.1, 0.15) is 5.56 Å². The largest absolute Gasteiger partial charge is 0.488 e. The first-order valence-electron chi connectivity index (χ1n) is 4.66. The maximum absolute atomic E-state index is 13.4. The lowest BCUT2D eigenvalue weighted by atomic mass is 9.26. The van der Waals surface area contributed by atoms with Crippen LogP contribution < -0.4 is 11.2 Å². The SMILES string of the molecule is NC(CO)Cc1c(F)cc([10B](O)O)cc1F. The number of hydrogen-bond donors (Lipinski definition) is 4. The molecule has 0 bridgehead atoms. The van der Waals surface area contributed by atoms with E-state index in [-0.39, 0.29) is 24.1 Å². The zero-order chi connectivity index (χ0) is 12.3. The van der Waals surface area contributed by atoms with E-state index in [0.717, 1.165) is 12.1 Å². The number of halogens is 2. The van der Waals surface area contributed by atoms with Gasteiger partial charge in [0.15, 0.2) is 0 Å². The summed E-state index contributed by atoms with van der Waals surface area (Å²) in [6, 6.07) is 0.897. The summed E-state index contributed by atoms with van der Waals surface area (Å²) < 4.78 is 26.7. The van der Waals surface area contributed by atoms with Gasteiger partial charge in [0.05, 0.1) is 6.61 Å².